The minimum atomic E-state index is -0.238. The van der Waals surface area contributed by atoms with E-state index < -0.39 is 0 Å². The van der Waals surface area contributed by atoms with E-state index in [1.54, 1.807) is 32.4 Å². The largest absolute Gasteiger partial charge is 0.497 e. The average Bonchev–Trinajstić information content (AvgIpc) is 2.72. The van der Waals surface area contributed by atoms with Crippen LogP contribution in [0, 0.1) is 0 Å². The van der Waals surface area contributed by atoms with Crippen LogP contribution in [0.2, 0.25) is 0 Å². The summed E-state index contributed by atoms with van der Waals surface area (Å²) in [5.74, 6) is 1.49. The SMILES string of the molecule is COc1ccc(CCNC(=O)CNC(=O)Cc2ccc(OC)c(OC)c2)cc1. The Kier molecular flexibility index (Phi) is 8.14. The van der Waals surface area contributed by atoms with E-state index in [4.69, 9.17) is 14.2 Å². The van der Waals surface area contributed by atoms with Crippen LogP contribution < -0.4 is 24.8 Å². The second-order valence-corrected chi connectivity index (χ2v) is 6.09. The van der Waals surface area contributed by atoms with Crippen molar-refractivity contribution >= 4 is 11.8 Å². The molecule has 0 saturated carbocycles. The number of benzene rings is 2. The van der Waals surface area contributed by atoms with Gasteiger partial charge in [0.1, 0.15) is 5.75 Å². The van der Waals surface area contributed by atoms with Crippen molar-refractivity contribution in [1.82, 2.24) is 10.6 Å². The van der Waals surface area contributed by atoms with Gasteiger partial charge in [0.15, 0.2) is 11.5 Å². The third kappa shape index (κ3) is 6.50. The average molecular weight is 386 g/mol. The molecule has 2 amide bonds. The van der Waals surface area contributed by atoms with Crippen LogP contribution in [-0.2, 0) is 22.4 Å². The lowest BCUT2D eigenvalue weighted by molar-refractivity contribution is -0.125. The van der Waals surface area contributed by atoms with Crippen molar-refractivity contribution in [2.45, 2.75) is 12.8 Å². The summed E-state index contributed by atoms with van der Waals surface area (Å²) in [6, 6.07) is 12.9. The normalized spacial score (nSPS) is 10.1. The van der Waals surface area contributed by atoms with Crippen LogP contribution in [0.15, 0.2) is 42.5 Å². The summed E-state index contributed by atoms with van der Waals surface area (Å²) in [7, 11) is 4.71. The molecule has 2 rings (SSSR count). The molecule has 0 spiro atoms. The smallest absolute Gasteiger partial charge is 0.239 e. The molecule has 0 aliphatic rings. The summed E-state index contributed by atoms with van der Waals surface area (Å²) in [5, 5.41) is 5.41. The maximum absolute atomic E-state index is 12.1. The van der Waals surface area contributed by atoms with Gasteiger partial charge in [-0.3, -0.25) is 9.59 Å². The summed E-state index contributed by atoms with van der Waals surface area (Å²) in [6.07, 6.45) is 0.856. The number of amides is 2. The number of hydrogen-bond acceptors (Lipinski definition) is 5. The van der Waals surface area contributed by atoms with Gasteiger partial charge in [-0.15, -0.1) is 0 Å². The Morgan fingerprint density at radius 3 is 2.11 bits per heavy atom. The number of carbonyl (C=O) groups is 2. The molecule has 0 heterocycles. The van der Waals surface area contributed by atoms with Gasteiger partial charge < -0.3 is 24.8 Å². The summed E-state index contributed by atoms with van der Waals surface area (Å²) in [6.45, 7) is 0.436. The molecule has 0 radical (unpaired) electrons. The number of methoxy groups -OCH3 is 3. The van der Waals surface area contributed by atoms with Gasteiger partial charge in [0.05, 0.1) is 34.3 Å². The number of rotatable bonds is 10. The zero-order valence-electron chi connectivity index (χ0n) is 16.4. The molecule has 0 atom stereocenters. The van der Waals surface area contributed by atoms with Crippen molar-refractivity contribution in [3.8, 4) is 17.2 Å². The summed E-state index contributed by atoms with van der Waals surface area (Å²) in [4.78, 5) is 23.9. The Labute approximate surface area is 165 Å². The minimum absolute atomic E-state index is 0.0608. The number of ether oxygens (including phenoxy) is 3. The van der Waals surface area contributed by atoms with Gasteiger partial charge in [0.2, 0.25) is 11.8 Å². The van der Waals surface area contributed by atoms with E-state index in [9.17, 15) is 9.59 Å². The minimum Gasteiger partial charge on any atom is -0.497 e. The van der Waals surface area contributed by atoms with Gasteiger partial charge in [-0.05, 0) is 41.8 Å². The van der Waals surface area contributed by atoms with Crippen LogP contribution in [0.25, 0.3) is 0 Å². The molecule has 2 N–H and O–H groups in total. The Bertz CT molecular complexity index is 790. The molecule has 0 aliphatic heterocycles. The monoisotopic (exact) mass is 386 g/mol. The Morgan fingerprint density at radius 1 is 0.786 bits per heavy atom. The Balaban J connectivity index is 1.70. The second kappa shape index (κ2) is 10.8. The van der Waals surface area contributed by atoms with Crippen LogP contribution in [0.3, 0.4) is 0 Å². The van der Waals surface area contributed by atoms with Crippen molar-refractivity contribution in [3.63, 3.8) is 0 Å². The van der Waals surface area contributed by atoms with Crippen LogP contribution in [0.4, 0.5) is 0 Å². The first kappa shape index (κ1) is 21.1. The molecular formula is C21H26N2O5. The fourth-order valence-corrected chi connectivity index (χ4v) is 2.62. The molecule has 0 unspecified atom stereocenters. The van der Waals surface area contributed by atoms with Crippen molar-refractivity contribution in [2.75, 3.05) is 34.4 Å². The van der Waals surface area contributed by atoms with E-state index in [1.165, 1.54) is 7.11 Å². The summed E-state index contributed by atoms with van der Waals surface area (Å²) in [5.41, 5.74) is 1.87. The molecule has 2 aromatic carbocycles. The van der Waals surface area contributed by atoms with E-state index in [1.807, 2.05) is 24.3 Å². The fraction of sp³-hybridized carbons (Fsp3) is 0.333. The Morgan fingerprint density at radius 2 is 1.46 bits per heavy atom. The van der Waals surface area contributed by atoms with E-state index in [-0.39, 0.29) is 24.8 Å². The number of hydrogen-bond donors (Lipinski definition) is 2. The standard InChI is InChI=1S/C21H26N2O5/c1-26-17-7-4-15(5-8-17)10-11-22-21(25)14-23-20(24)13-16-6-9-18(27-2)19(12-16)28-3/h4-9,12H,10-11,13-14H2,1-3H3,(H,22,25)(H,23,24). The highest BCUT2D eigenvalue weighted by molar-refractivity contribution is 5.85. The van der Waals surface area contributed by atoms with E-state index >= 15 is 0 Å². The maximum Gasteiger partial charge on any atom is 0.239 e. The van der Waals surface area contributed by atoms with Crippen LogP contribution in [0.5, 0.6) is 17.2 Å². The van der Waals surface area contributed by atoms with E-state index in [0.29, 0.717) is 24.5 Å². The van der Waals surface area contributed by atoms with Crippen LogP contribution in [-0.4, -0.2) is 46.2 Å². The maximum atomic E-state index is 12.1. The van der Waals surface area contributed by atoms with Gasteiger partial charge >= 0.3 is 0 Å². The number of nitrogens with one attached hydrogen (secondary N) is 2. The van der Waals surface area contributed by atoms with Crippen LogP contribution in [0.1, 0.15) is 11.1 Å². The molecule has 2 aromatic rings. The second-order valence-electron chi connectivity index (χ2n) is 6.09. The first-order valence-corrected chi connectivity index (χ1v) is 8.93. The lowest BCUT2D eigenvalue weighted by atomic mass is 10.1. The molecule has 0 aromatic heterocycles. The van der Waals surface area contributed by atoms with Gasteiger partial charge in [0, 0.05) is 6.54 Å². The predicted octanol–water partition coefficient (Wildman–Crippen LogP) is 1.73. The van der Waals surface area contributed by atoms with Crippen molar-refractivity contribution in [1.29, 1.82) is 0 Å². The molecule has 0 fully saturated rings. The van der Waals surface area contributed by atoms with Crippen molar-refractivity contribution in [2.24, 2.45) is 0 Å². The summed E-state index contributed by atoms with van der Waals surface area (Å²) >= 11 is 0. The zero-order chi connectivity index (χ0) is 20.4. The topological polar surface area (TPSA) is 85.9 Å². The lowest BCUT2D eigenvalue weighted by Crippen LogP contribution is -2.38. The van der Waals surface area contributed by atoms with E-state index in [0.717, 1.165) is 16.9 Å². The molecule has 7 heteroatoms. The van der Waals surface area contributed by atoms with Crippen molar-refractivity contribution < 1.29 is 23.8 Å². The zero-order valence-corrected chi connectivity index (χ0v) is 16.4. The first-order valence-electron chi connectivity index (χ1n) is 8.93. The molecule has 28 heavy (non-hydrogen) atoms. The highest BCUT2D eigenvalue weighted by Crippen LogP contribution is 2.27. The third-order valence-electron chi connectivity index (χ3n) is 4.15. The highest BCUT2D eigenvalue weighted by Gasteiger charge is 2.09. The van der Waals surface area contributed by atoms with Crippen molar-refractivity contribution in [3.05, 3.63) is 53.6 Å². The molecule has 7 nitrogen and oxygen atoms in total. The first-order chi connectivity index (χ1) is 13.5. The number of carbonyl (C=O) groups excluding carboxylic acids is 2. The third-order valence-corrected chi connectivity index (χ3v) is 4.15. The van der Waals surface area contributed by atoms with Gasteiger partial charge in [0.25, 0.3) is 0 Å². The fourth-order valence-electron chi connectivity index (χ4n) is 2.62. The predicted molar refractivity (Wildman–Crippen MR) is 106 cm³/mol. The molecule has 0 bridgehead atoms. The van der Waals surface area contributed by atoms with E-state index in [2.05, 4.69) is 10.6 Å². The van der Waals surface area contributed by atoms with Gasteiger partial charge in [-0.2, -0.15) is 0 Å². The molecular weight excluding hydrogens is 360 g/mol. The van der Waals surface area contributed by atoms with Gasteiger partial charge in [-0.25, -0.2) is 0 Å². The lowest BCUT2D eigenvalue weighted by Gasteiger charge is -2.10. The molecule has 0 aliphatic carbocycles. The molecule has 0 saturated heterocycles. The molecule has 150 valence electrons. The van der Waals surface area contributed by atoms with Crippen LogP contribution >= 0.6 is 0 Å². The quantitative estimate of drug-likeness (QED) is 0.650. The highest BCUT2D eigenvalue weighted by atomic mass is 16.5. The van der Waals surface area contributed by atoms with Gasteiger partial charge in [-0.1, -0.05) is 18.2 Å². The summed E-state index contributed by atoms with van der Waals surface area (Å²) < 4.78 is 15.5. The Hall–Kier alpha value is -3.22.